The predicted molar refractivity (Wildman–Crippen MR) is 86.5 cm³/mol. The van der Waals surface area contributed by atoms with Crippen LogP contribution in [0.5, 0.6) is 5.75 Å². The monoisotopic (exact) mass is 326 g/mol. The molecule has 2 aromatic heterocycles. The van der Waals surface area contributed by atoms with Crippen LogP contribution >= 0.6 is 0 Å². The number of fused-ring (bicyclic) bond motifs is 1. The number of carbonyl (C=O) groups is 1. The number of aromatic hydroxyl groups is 1. The number of nitrogens with zero attached hydrogens (tertiary/aromatic N) is 2. The molecule has 6 heteroatoms. The van der Waals surface area contributed by atoms with Crippen LogP contribution < -0.4 is 0 Å². The number of rotatable bonds is 3. The number of aryl methyl sites for hydroxylation is 1. The van der Waals surface area contributed by atoms with E-state index in [1.54, 1.807) is 25.3 Å². The van der Waals surface area contributed by atoms with Crippen LogP contribution in [0.1, 0.15) is 27.3 Å². The highest BCUT2D eigenvalue weighted by molar-refractivity contribution is 5.98. The van der Waals surface area contributed by atoms with E-state index < -0.39 is 5.97 Å². The molecule has 0 amide bonds. The fraction of sp³-hybridized carbons (Fsp3) is 0.167. The molecular weight excluding hydrogens is 311 g/mol. The fourth-order valence-electron chi connectivity index (χ4n) is 2.54. The molecular formula is C18H15FN2O3. The molecule has 0 radical (unpaired) electrons. The lowest BCUT2D eigenvalue weighted by molar-refractivity contribution is 0.0590. The maximum absolute atomic E-state index is 13.0. The number of esters is 1. The molecule has 1 N–H and O–H groups in total. The average Bonchev–Trinajstić information content (AvgIpc) is 2.59. The van der Waals surface area contributed by atoms with Gasteiger partial charge in [-0.2, -0.15) is 0 Å². The summed E-state index contributed by atoms with van der Waals surface area (Å²) in [7, 11) is 1.22. The van der Waals surface area contributed by atoms with Crippen LogP contribution in [0.15, 0.2) is 36.5 Å². The van der Waals surface area contributed by atoms with E-state index in [1.807, 2.05) is 6.07 Å². The molecule has 3 aromatic rings. The minimum absolute atomic E-state index is 0.152. The highest BCUT2D eigenvalue weighted by Crippen LogP contribution is 2.29. The summed E-state index contributed by atoms with van der Waals surface area (Å²) in [6, 6.07) is 8.09. The lowest BCUT2D eigenvalue weighted by Crippen LogP contribution is -2.07. The summed E-state index contributed by atoms with van der Waals surface area (Å²) in [6.45, 7) is 1.73. The highest BCUT2D eigenvalue weighted by atomic mass is 19.1. The highest BCUT2D eigenvalue weighted by Gasteiger charge is 2.19. The number of pyridine rings is 2. The van der Waals surface area contributed by atoms with Crippen molar-refractivity contribution < 1.29 is 19.0 Å². The summed E-state index contributed by atoms with van der Waals surface area (Å²) in [4.78, 5) is 20.0. The standard InChI is InChI=1S/C18H15FN2O3/c1-10-14-8-12(7-11-3-5-13(19)6-4-11)9-20-15(14)17(22)16(21-10)18(23)24-2/h3-6,8-9,22H,7H2,1-2H3. The van der Waals surface area contributed by atoms with E-state index in [0.717, 1.165) is 11.1 Å². The van der Waals surface area contributed by atoms with Gasteiger partial charge >= 0.3 is 5.97 Å². The zero-order valence-electron chi connectivity index (χ0n) is 13.2. The molecule has 2 heterocycles. The van der Waals surface area contributed by atoms with Gasteiger partial charge in [-0.25, -0.2) is 14.2 Å². The topological polar surface area (TPSA) is 72.3 Å². The molecule has 3 rings (SSSR count). The van der Waals surface area contributed by atoms with Crippen LogP contribution in [0.4, 0.5) is 4.39 Å². The van der Waals surface area contributed by atoms with E-state index in [4.69, 9.17) is 0 Å². The molecule has 0 spiro atoms. The van der Waals surface area contributed by atoms with E-state index in [1.165, 1.54) is 19.2 Å². The second kappa shape index (κ2) is 6.23. The predicted octanol–water partition coefficient (Wildman–Crippen LogP) is 3.16. The first-order valence-electron chi connectivity index (χ1n) is 7.30. The van der Waals surface area contributed by atoms with Crippen molar-refractivity contribution in [3.05, 3.63) is 64.9 Å². The van der Waals surface area contributed by atoms with E-state index in [-0.39, 0.29) is 17.3 Å². The Morgan fingerprint density at radius 3 is 2.62 bits per heavy atom. The van der Waals surface area contributed by atoms with Gasteiger partial charge in [-0.15, -0.1) is 0 Å². The molecule has 0 aliphatic carbocycles. The Bertz CT molecular complexity index is 924. The Balaban J connectivity index is 2.04. The Hall–Kier alpha value is -3.02. The first kappa shape index (κ1) is 15.9. The van der Waals surface area contributed by atoms with Crippen LogP contribution in [0.25, 0.3) is 10.9 Å². The maximum atomic E-state index is 13.0. The van der Waals surface area contributed by atoms with Crippen molar-refractivity contribution in [1.29, 1.82) is 0 Å². The minimum Gasteiger partial charge on any atom is -0.504 e. The number of aromatic nitrogens is 2. The zero-order chi connectivity index (χ0) is 17.3. The number of benzene rings is 1. The van der Waals surface area contributed by atoms with E-state index in [9.17, 15) is 14.3 Å². The second-order valence-electron chi connectivity index (χ2n) is 5.43. The van der Waals surface area contributed by atoms with Gasteiger partial charge in [0.2, 0.25) is 0 Å². The summed E-state index contributed by atoms with van der Waals surface area (Å²) in [6.07, 6.45) is 2.19. The number of methoxy groups -OCH3 is 1. The average molecular weight is 326 g/mol. The van der Waals surface area contributed by atoms with Gasteiger partial charge in [0.25, 0.3) is 0 Å². The Morgan fingerprint density at radius 2 is 1.96 bits per heavy atom. The quantitative estimate of drug-likeness (QED) is 0.749. The summed E-state index contributed by atoms with van der Waals surface area (Å²) in [5.74, 6) is -1.29. The molecule has 0 aliphatic heterocycles. The van der Waals surface area contributed by atoms with Crippen molar-refractivity contribution in [1.82, 2.24) is 9.97 Å². The van der Waals surface area contributed by atoms with Gasteiger partial charge in [-0.1, -0.05) is 12.1 Å². The summed E-state index contributed by atoms with van der Waals surface area (Å²) in [5, 5.41) is 10.9. The Kier molecular flexibility index (Phi) is 4.12. The lowest BCUT2D eigenvalue weighted by atomic mass is 10.0. The van der Waals surface area contributed by atoms with Crippen molar-refractivity contribution in [3.63, 3.8) is 0 Å². The first-order valence-corrected chi connectivity index (χ1v) is 7.30. The van der Waals surface area contributed by atoms with Crippen molar-refractivity contribution in [3.8, 4) is 5.75 Å². The molecule has 5 nitrogen and oxygen atoms in total. The third kappa shape index (κ3) is 2.90. The molecule has 0 fully saturated rings. The number of hydrogen-bond acceptors (Lipinski definition) is 5. The van der Waals surface area contributed by atoms with Gasteiger partial charge in [-0.05, 0) is 42.7 Å². The van der Waals surface area contributed by atoms with Crippen molar-refractivity contribution in [2.75, 3.05) is 7.11 Å². The van der Waals surface area contributed by atoms with E-state index in [2.05, 4.69) is 14.7 Å². The third-order valence-corrected chi connectivity index (χ3v) is 3.76. The van der Waals surface area contributed by atoms with Gasteiger partial charge in [0.1, 0.15) is 11.3 Å². The number of halogens is 1. The summed E-state index contributed by atoms with van der Waals surface area (Å²) < 4.78 is 17.6. The SMILES string of the molecule is COC(=O)c1nc(C)c2cc(Cc3ccc(F)cc3)cnc2c1O. The van der Waals surface area contributed by atoms with Crippen LogP contribution in [-0.4, -0.2) is 28.2 Å². The Morgan fingerprint density at radius 1 is 1.25 bits per heavy atom. The number of ether oxygens (including phenoxy) is 1. The smallest absolute Gasteiger partial charge is 0.360 e. The molecule has 24 heavy (non-hydrogen) atoms. The van der Waals surface area contributed by atoms with Crippen molar-refractivity contribution in [2.45, 2.75) is 13.3 Å². The fourth-order valence-corrected chi connectivity index (χ4v) is 2.54. The van der Waals surface area contributed by atoms with E-state index >= 15 is 0 Å². The van der Waals surface area contributed by atoms with Crippen LogP contribution in [0.2, 0.25) is 0 Å². The van der Waals surface area contributed by atoms with Crippen LogP contribution in [0.3, 0.4) is 0 Å². The second-order valence-corrected chi connectivity index (χ2v) is 5.43. The van der Waals surface area contributed by atoms with E-state index in [0.29, 0.717) is 23.0 Å². The third-order valence-electron chi connectivity index (χ3n) is 3.76. The zero-order valence-corrected chi connectivity index (χ0v) is 13.2. The van der Waals surface area contributed by atoms with Crippen molar-refractivity contribution >= 4 is 16.9 Å². The normalized spacial score (nSPS) is 10.8. The van der Waals surface area contributed by atoms with Gasteiger partial charge in [-0.3, -0.25) is 4.98 Å². The van der Waals surface area contributed by atoms with Gasteiger partial charge in [0, 0.05) is 17.3 Å². The molecule has 0 aliphatic rings. The summed E-state index contributed by atoms with van der Waals surface area (Å²) >= 11 is 0. The molecule has 0 atom stereocenters. The maximum Gasteiger partial charge on any atom is 0.360 e. The first-order chi connectivity index (χ1) is 11.5. The van der Waals surface area contributed by atoms with Crippen LogP contribution in [0, 0.1) is 12.7 Å². The van der Waals surface area contributed by atoms with Crippen molar-refractivity contribution in [2.24, 2.45) is 0 Å². The molecule has 1 aromatic carbocycles. The minimum atomic E-state index is -0.713. The molecule has 0 saturated heterocycles. The Labute approximate surface area is 137 Å². The van der Waals surface area contributed by atoms with Gasteiger partial charge in [0.15, 0.2) is 11.4 Å². The molecule has 0 bridgehead atoms. The van der Waals surface area contributed by atoms with Gasteiger partial charge in [0.05, 0.1) is 7.11 Å². The van der Waals surface area contributed by atoms with Crippen LogP contribution in [-0.2, 0) is 11.2 Å². The number of hydrogen-bond donors (Lipinski definition) is 1. The number of carbonyl (C=O) groups excluding carboxylic acids is 1. The summed E-state index contributed by atoms with van der Waals surface area (Å²) in [5.41, 5.74) is 2.55. The molecule has 122 valence electrons. The van der Waals surface area contributed by atoms with Gasteiger partial charge < -0.3 is 9.84 Å². The molecule has 0 unspecified atom stereocenters. The lowest BCUT2D eigenvalue weighted by Gasteiger charge is -2.09. The largest absolute Gasteiger partial charge is 0.504 e. The molecule has 0 saturated carbocycles.